The van der Waals surface area contributed by atoms with E-state index >= 15 is 0 Å². The summed E-state index contributed by atoms with van der Waals surface area (Å²) >= 11 is 0. The number of aromatic amines is 1. The largest absolute Gasteiger partial charge is 0.370 e. The number of nitriles is 2. The third kappa shape index (κ3) is 3.56. The van der Waals surface area contributed by atoms with Crippen molar-refractivity contribution in [1.29, 1.82) is 10.5 Å². The Labute approximate surface area is 187 Å². The summed E-state index contributed by atoms with van der Waals surface area (Å²) < 4.78 is 29.5. The maximum Gasteiger partial charge on any atom is 0.178 e. The zero-order valence-corrected chi connectivity index (χ0v) is 17.4. The molecule has 1 aromatic carbocycles. The minimum absolute atomic E-state index is 0.0368. The zero-order chi connectivity index (χ0) is 22.9. The summed E-state index contributed by atoms with van der Waals surface area (Å²) in [5.41, 5.74) is 2.36. The van der Waals surface area contributed by atoms with Gasteiger partial charge < -0.3 is 9.88 Å². The maximum atomic E-state index is 14.1. The number of anilines is 1. The molecule has 4 heterocycles. The van der Waals surface area contributed by atoms with E-state index in [0.717, 1.165) is 34.8 Å². The first kappa shape index (κ1) is 20.6. The second-order valence-electron chi connectivity index (χ2n) is 7.96. The Morgan fingerprint density at radius 3 is 2.91 bits per heavy atom. The van der Waals surface area contributed by atoms with Gasteiger partial charge in [0.2, 0.25) is 0 Å². The Bertz CT molecular complexity index is 1410. The SMILES string of the molecule is N#CC[C@@H](C1CCN(c2ccc(F)c(F)c2C#N)C1)n1cc(-c2ncnc3[nH]ccc23)cn1. The van der Waals surface area contributed by atoms with Crippen LogP contribution in [0.3, 0.4) is 0 Å². The standard InChI is InChI=1S/C23H18F2N8/c24-18-1-2-20(17(9-27)21(18)25)32-8-5-14(11-32)19(3-6-26)33-12-15(10-31-33)22-16-4-7-28-23(16)30-13-29-22/h1-2,4,7,10,12-14,19H,3,5,8,11H2,(H,28,29,30)/t14?,19-/m0/s1. The first-order valence-corrected chi connectivity index (χ1v) is 10.4. The summed E-state index contributed by atoms with van der Waals surface area (Å²) in [6.45, 7) is 1.06. The van der Waals surface area contributed by atoms with Gasteiger partial charge in [0.15, 0.2) is 11.6 Å². The average molecular weight is 444 g/mol. The molecule has 1 N–H and O–H groups in total. The summed E-state index contributed by atoms with van der Waals surface area (Å²) in [4.78, 5) is 13.5. The van der Waals surface area contributed by atoms with Crippen molar-refractivity contribution in [3.05, 3.63) is 60.3 Å². The summed E-state index contributed by atoms with van der Waals surface area (Å²) in [5, 5.41) is 24.2. The van der Waals surface area contributed by atoms with Crippen molar-refractivity contribution in [2.24, 2.45) is 5.92 Å². The van der Waals surface area contributed by atoms with Crippen LogP contribution in [0.5, 0.6) is 0 Å². The van der Waals surface area contributed by atoms with Crippen molar-refractivity contribution in [2.75, 3.05) is 18.0 Å². The predicted octanol–water partition coefficient (Wildman–Crippen LogP) is 3.95. The van der Waals surface area contributed by atoms with E-state index in [2.05, 4.69) is 26.1 Å². The van der Waals surface area contributed by atoms with Crippen molar-refractivity contribution >= 4 is 16.7 Å². The second-order valence-corrected chi connectivity index (χ2v) is 7.96. The van der Waals surface area contributed by atoms with E-state index in [9.17, 15) is 19.3 Å². The first-order valence-electron chi connectivity index (χ1n) is 10.4. The molecule has 0 aliphatic carbocycles. The van der Waals surface area contributed by atoms with Crippen LogP contribution in [0, 0.1) is 40.2 Å². The highest BCUT2D eigenvalue weighted by Gasteiger charge is 2.33. The quantitative estimate of drug-likeness (QED) is 0.499. The molecule has 1 unspecified atom stereocenters. The smallest absolute Gasteiger partial charge is 0.178 e. The number of hydrogen-bond acceptors (Lipinski definition) is 6. The van der Waals surface area contributed by atoms with Crippen molar-refractivity contribution in [3.63, 3.8) is 0 Å². The number of rotatable bonds is 5. The van der Waals surface area contributed by atoms with Gasteiger partial charge in [-0.3, -0.25) is 4.68 Å². The van der Waals surface area contributed by atoms with Crippen LogP contribution in [0.1, 0.15) is 24.4 Å². The molecule has 10 heteroatoms. The third-order valence-electron chi connectivity index (χ3n) is 6.16. The van der Waals surface area contributed by atoms with Crippen LogP contribution in [0.2, 0.25) is 0 Å². The molecule has 1 aliphatic heterocycles. The molecule has 0 saturated carbocycles. The minimum Gasteiger partial charge on any atom is -0.370 e. The normalized spacial score (nSPS) is 16.6. The highest BCUT2D eigenvalue weighted by Crippen LogP contribution is 2.36. The molecule has 1 saturated heterocycles. The van der Waals surface area contributed by atoms with E-state index in [0.29, 0.717) is 18.8 Å². The Morgan fingerprint density at radius 1 is 1.21 bits per heavy atom. The van der Waals surface area contributed by atoms with E-state index in [-0.39, 0.29) is 23.9 Å². The highest BCUT2D eigenvalue weighted by molar-refractivity contribution is 5.89. The molecular formula is C23H18F2N8. The summed E-state index contributed by atoms with van der Waals surface area (Å²) in [7, 11) is 0. The topological polar surface area (TPSA) is 110 Å². The van der Waals surface area contributed by atoms with E-state index in [1.165, 1.54) is 12.4 Å². The number of benzene rings is 1. The minimum atomic E-state index is -1.13. The molecule has 4 aromatic rings. The van der Waals surface area contributed by atoms with Gasteiger partial charge in [0.05, 0.1) is 36.1 Å². The van der Waals surface area contributed by atoms with Gasteiger partial charge in [0.25, 0.3) is 0 Å². The van der Waals surface area contributed by atoms with Crippen LogP contribution in [0.4, 0.5) is 14.5 Å². The fourth-order valence-electron chi connectivity index (χ4n) is 4.54. The number of halogens is 2. The van der Waals surface area contributed by atoms with Gasteiger partial charge in [-0.2, -0.15) is 15.6 Å². The Morgan fingerprint density at radius 2 is 2.09 bits per heavy atom. The van der Waals surface area contributed by atoms with Crippen molar-refractivity contribution in [3.8, 4) is 23.4 Å². The number of nitrogens with zero attached hydrogens (tertiary/aromatic N) is 7. The highest BCUT2D eigenvalue weighted by atomic mass is 19.2. The fourth-order valence-corrected chi connectivity index (χ4v) is 4.54. The molecule has 3 aromatic heterocycles. The molecule has 2 atom stereocenters. The molecule has 0 amide bonds. The van der Waals surface area contributed by atoms with Gasteiger partial charge in [-0.1, -0.05) is 0 Å². The molecule has 5 rings (SSSR count). The van der Waals surface area contributed by atoms with E-state index in [1.54, 1.807) is 23.1 Å². The predicted molar refractivity (Wildman–Crippen MR) is 116 cm³/mol. The van der Waals surface area contributed by atoms with Crippen LogP contribution in [-0.2, 0) is 0 Å². The number of hydrogen-bond donors (Lipinski definition) is 1. The lowest BCUT2D eigenvalue weighted by Gasteiger charge is -2.24. The van der Waals surface area contributed by atoms with Crippen LogP contribution in [-0.4, -0.2) is 37.8 Å². The van der Waals surface area contributed by atoms with Crippen LogP contribution >= 0.6 is 0 Å². The average Bonchev–Trinajstić information content (AvgIpc) is 3.59. The van der Waals surface area contributed by atoms with Gasteiger partial charge in [0.1, 0.15) is 23.6 Å². The molecular weight excluding hydrogens is 426 g/mol. The van der Waals surface area contributed by atoms with Gasteiger partial charge in [-0.05, 0) is 24.6 Å². The maximum absolute atomic E-state index is 14.1. The molecule has 33 heavy (non-hydrogen) atoms. The Balaban J connectivity index is 1.42. The number of H-pyrrole nitrogens is 1. The summed E-state index contributed by atoms with van der Waals surface area (Å²) in [5.74, 6) is -2.14. The summed E-state index contributed by atoms with van der Waals surface area (Å²) in [6, 6.07) is 8.17. The Kier molecular flexibility index (Phi) is 5.19. The van der Waals surface area contributed by atoms with Gasteiger partial charge >= 0.3 is 0 Å². The lowest BCUT2D eigenvalue weighted by Crippen LogP contribution is -2.25. The molecule has 0 bridgehead atoms. The van der Waals surface area contributed by atoms with Gasteiger partial charge in [0, 0.05) is 42.4 Å². The lowest BCUT2D eigenvalue weighted by molar-refractivity contribution is 0.332. The van der Waals surface area contributed by atoms with Crippen LogP contribution in [0.15, 0.2) is 43.1 Å². The van der Waals surface area contributed by atoms with E-state index in [1.807, 2.05) is 17.2 Å². The number of nitrogens with one attached hydrogen (secondary N) is 1. The van der Waals surface area contributed by atoms with Crippen molar-refractivity contribution < 1.29 is 8.78 Å². The molecule has 8 nitrogen and oxygen atoms in total. The zero-order valence-electron chi connectivity index (χ0n) is 17.4. The number of fused-ring (bicyclic) bond motifs is 1. The van der Waals surface area contributed by atoms with E-state index < -0.39 is 11.6 Å². The van der Waals surface area contributed by atoms with Gasteiger partial charge in [-0.25, -0.2) is 18.7 Å². The van der Waals surface area contributed by atoms with Crippen molar-refractivity contribution in [2.45, 2.75) is 18.9 Å². The van der Waals surface area contributed by atoms with Gasteiger partial charge in [-0.15, -0.1) is 0 Å². The lowest BCUT2D eigenvalue weighted by atomic mass is 9.96. The molecule has 1 aliphatic rings. The second kappa shape index (κ2) is 8.32. The monoisotopic (exact) mass is 444 g/mol. The first-order chi connectivity index (χ1) is 16.1. The van der Waals surface area contributed by atoms with Crippen molar-refractivity contribution in [1.82, 2.24) is 24.7 Å². The van der Waals surface area contributed by atoms with E-state index in [4.69, 9.17) is 0 Å². The van der Waals surface area contributed by atoms with Crippen LogP contribution in [0.25, 0.3) is 22.3 Å². The summed E-state index contributed by atoms with van der Waals surface area (Å²) in [6.07, 6.45) is 7.84. The molecule has 0 spiro atoms. The fraction of sp³-hybridized carbons (Fsp3) is 0.261. The Hall–Kier alpha value is -4.31. The number of aromatic nitrogens is 5. The third-order valence-corrected chi connectivity index (χ3v) is 6.16. The molecule has 164 valence electrons. The van der Waals surface area contributed by atoms with Crippen LogP contribution < -0.4 is 4.90 Å². The molecule has 0 radical (unpaired) electrons. The molecule has 1 fully saturated rings.